The molecule has 1 fully saturated rings. The molecule has 0 aliphatic heterocycles. The van der Waals surface area contributed by atoms with Crippen LogP contribution in [-0.4, -0.2) is 22.2 Å². The van der Waals surface area contributed by atoms with Gasteiger partial charge in [0.25, 0.3) is 0 Å². The molecule has 1 atom stereocenters. The van der Waals surface area contributed by atoms with Gasteiger partial charge in [0.05, 0.1) is 5.25 Å². The first-order valence-corrected chi connectivity index (χ1v) is 8.58. The van der Waals surface area contributed by atoms with E-state index in [4.69, 9.17) is 0 Å². The van der Waals surface area contributed by atoms with Crippen LogP contribution in [0.5, 0.6) is 0 Å². The van der Waals surface area contributed by atoms with E-state index in [1.165, 1.54) is 39.0 Å². The number of amides is 1. The number of benzene rings is 1. The van der Waals surface area contributed by atoms with Gasteiger partial charge in [-0.05, 0) is 44.0 Å². The van der Waals surface area contributed by atoms with Crippen LogP contribution in [0.1, 0.15) is 56.3 Å². The number of anilines is 1. The van der Waals surface area contributed by atoms with Crippen LogP contribution >= 0.6 is 11.8 Å². The molecule has 0 radical (unpaired) electrons. The van der Waals surface area contributed by atoms with E-state index in [-0.39, 0.29) is 16.9 Å². The third kappa shape index (κ3) is 4.88. The van der Waals surface area contributed by atoms with Crippen LogP contribution in [-0.2, 0) is 4.79 Å². The fourth-order valence-electron chi connectivity index (χ4n) is 2.71. The molecule has 1 N–H and O–H groups in total. The highest BCUT2D eigenvalue weighted by Crippen LogP contribution is 2.32. The minimum atomic E-state index is -0.102. The molecule has 1 saturated carbocycles. The van der Waals surface area contributed by atoms with Gasteiger partial charge in [-0.3, -0.25) is 9.59 Å². The maximum absolute atomic E-state index is 12.4. The Kier molecular flexibility index (Phi) is 5.85. The molecule has 2 rings (SSSR count). The number of Topliss-reactive ketones (excluding diaryl/α,β-unsaturated/α-hetero) is 1. The van der Waals surface area contributed by atoms with Crippen LogP contribution in [0, 0.1) is 0 Å². The lowest BCUT2D eigenvalue weighted by molar-refractivity contribution is -0.114. The van der Waals surface area contributed by atoms with Gasteiger partial charge in [-0.2, -0.15) is 0 Å². The smallest absolute Gasteiger partial charge is 0.221 e. The molecule has 0 saturated heterocycles. The molecule has 1 aliphatic carbocycles. The molecule has 114 valence electrons. The predicted octanol–water partition coefficient (Wildman–Crippen LogP) is 4.28. The number of rotatable bonds is 5. The predicted molar refractivity (Wildman–Crippen MR) is 89.0 cm³/mol. The highest BCUT2D eigenvalue weighted by molar-refractivity contribution is 8.01. The van der Waals surface area contributed by atoms with Crippen molar-refractivity contribution >= 4 is 29.1 Å². The lowest BCUT2D eigenvalue weighted by Gasteiger charge is -2.23. The van der Waals surface area contributed by atoms with E-state index >= 15 is 0 Å². The summed E-state index contributed by atoms with van der Waals surface area (Å²) in [7, 11) is 0. The maximum Gasteiger partial charge on any atom is 0.221 e. The van der Waals surface area contributed by atoms with E-state index in [1.54, 1.807) is 24.3 Å². The fourth-order valence-corrected chi connectivity index (χ4v) is 4.15. The van der Waals surface area contributed by atoms with Gasteiger partial charge in [0, 0.05) is 23.4 Å². The minimum absolute atomic E-state index is 0.000263. The monoisotopic (exact) mass is 305 g/mol. The van der Waals surface area contributed by atoms with Gasteiger partial charge in [0.2, 0.25) is 5.91 Å². The molecule has 0 unspecified atom stereocenters. The maximum atomic E-state index is 12.4. The average Bonchev–Trinajstić information content (AvgIpc) is 2.47. The van der Waals surface area contributed by atoms with E-state index in [1.807, 2.05) is 18.7 Å². The first kappa shape index (κ1) is 16.1. The Morgan fingerprint density at radius 2 is 1.76 bits per heavy atom. The molecule has 3 nitrogen and oxygen atoms in total. The third-order valence-corrected chi connectivity index (χ3v) is 5.29. The van der Waals surface area contributed by atoms with Gasteiger partial charge in [-0.1, -0.05) is 19.3 Å². The average molecular weight is 305 g/mol. The molecule has 0 heterocycles. The Morgan fingerprint density at radius 1 is 1.14 bits per heavy atom. The lowest BCUT2D eigenvalue weighted by Crippen LogP contribution is -2.19. The van der Waals surface area contributed by atoms with Crippen LogP contribution < -0.4 is 5.32 Å². The SMILES string of the molecule is CC(=O)Nc1ccc(C(=O)[C@H](C)SC2CCCCC2)cc1. The summed E-state index contributed by atoms with van der Waals surface area (Å²) in [5.74, 6) is 0.0789. The number of hydrogen-bond acceptors (Lipinski definition) is 3. The van der Waals surface area contributed by atoms with Crippen molar-refractivity contribution in [3.05, 3.63) is 29.8 Å². The van der Waals surface area contributed by atoms with Crippen molar-refractivity contribution in [2.75, 3.05) is 5.32 Å². The number of ketones is 1. The van der Waals surface area contributed by atoms with Crippen LogP contribution in [0.2, 0.25) is 0 Å². The van der Waals surface area contributed by atoms with Crippen molar-refractivity contribution in [1.82, 2.24) is 0 Å². The summed E-state index contributed by atoms with van der Waals surface area (Å²) in [5, 5.41) is 3.35. The summed E-state index contributed by atoms with van der Waals surface area (Å²) in [6.45, 7) is 3.48. The molecular formula is C17H23NO2S. The summed E-state index contributed by atoms with van der Waals surface area (Å²) in [6, 6.07) is 7.16. The molecular weight excluding hydrogens is 282 g/mol. The second kappa shape index (κ2) is 7.64. The summed E-state index contributed by atoms with van der Waals surface area (Å²) < 4.78 is 0. The van der Waals surface area contributed by atoms with Gasteiger partial charge in [-0.15, -0.1) is 11.8 Å². The Bertz CT molecular complexity index is 492. The molecule has 0 spiro atoms. The van der Waals surface area contributed by atoms with Crippen LogP contribution in [0.4, 0.5) is 5.69 Å². The van der Waals surface area contributed by atoms with Crippen molar-refractivity contribution < 1.29 is 9.59 Å². The topological polar surface area (TPSA) is 46.2 Å². The zero-order chi connectivity index (χ0) is 15.2. The Morgan fingerprint density at radius 3 is 2.33 bits per heavy atom. The molecule has 1 aromatic rings. The summed E-state index contributed by atoms with van der Waals surface area (Å²) in [4.78, 5) is 23.4. The van der Waals surface area contributed by atoms with E-state index < -0.39 is 0 Å². The van der Waals surface area contributed by atoms with Crippen molar-refractivity contribution in [3.8, 4) is 0 Å². The molecule has 1 aliphatic rings. The minimum Gasteiger partial charge on any atom is -0.326 e. The second-order valence-corrected chi connectivity index (χ2v) is 7.31. The number of nitrogens with one attached hydrogen (secondary N) is 1. The first-order valence-electron chi connectivity index (χ1n) is 7.63. The summed E-state index contributed by atoms with van der Waals surface area (Å²) >= 11 is 1.82. The molecule has 1 aromatic carbocycles. The fraction of sp³-hybridized carbons (Fsp3) is 0.529. The van der Waals surface area contributed by atoms with Crippen molar-refractivity contribution in [2.45, 2.75) is 56.5 Å². The zero-order valence-corrected chi connectivity index (χ0v) is 13.5. The molecule has 4 heteroatoms. The normalized spacial score (nSPS) is 17.2. The van der Waals surface area contributed by atoms with Crippen LogP contribution in [0.3, 0.4) is 0 Å². The van der Waals surface area contributed by atoms with Crippen molar-refractivity contribution in [1.29, 1.82) is 0 Å². The Hall–Kier alpha value is -1.29. The van der Waals surface area contributed by atoms with Crippen LogP contribution in [0.25, 0.3) is 0 Å². The Labute approximate surface area is 130 Å². The van der Waals surface area contributed by atoms with E-state index in [0.29, 0.717) is 5.25 Å². The number of hydrogen-bond donors (Lipinski definition) is 1. The van der Waals surface area contributed by atoms with Gasteiger partial charge in [0.15, 0.2) is 5.78 Å². The first-order chi connectivity index (χ1) is 10.1. The standard InChI is InChI=1S/C17H23NO2S/c1-12(21-16-6-4-3-5-7-16)17(20)14-8-10-15(11-9-14)18-13(2)19/h8-12,16H,3-7H2,1-2H3,(H,18,19)/t12-/m0/s1. The van der Waals surface area contributed by atoms with E-state index in [0.717, 1.165) is 11.3 Å². The molecule has 1 amide bonds. The second-order valence-electron chi connectivity index (χ2n) is 5.66. The molecule has 21 heavy (non-hydrogen) atoms. The number of thioether (sulfide) groups is 1. The third-order valence-electron chi connectivity index (χ3n) is 3.81. The van der Waals surface area contributed by atoms with Crippen LogP contribution in [0.15, 0.2) is 24.3 Å². The quantitative estimate of drug-likeness (QED) is 0.826. The van der Waals surface area contributed by atoms with Crippen molar-refractivity contribution in [2.24, 2.45) is 0 Å². The van der Waals surface area contributed by atoms with Crippen molar-refractivity contribution in [3.63, 3.8) is 0 Å². The Balaban J connectivity index is 1.93. The largest absolute Gasteiger partial charge is 0.326 e. The molecule has 0 bridgehead atoms. The highest BCUT2D eigenvalue weighted by Gasteiger charge is 2.22. The highest BCUT2D eigenvalue weighted by atomic mass is 32.2. The van der Waals surface area contributed by atoms with Gasteiger partial charge in [-0.25, -0.2) is 0 Å². The van der Waals surface area contributed by atoms with Gasteiger partial charge < -0.3 is 5.32 Å². The van der Waals surface area contributed by atoms with E-state index in [2.05, 4.69) is 5.32 Å². The summed E-state index contributed by atoms with van der Waals surface area (Å²) in [6.07, 6.45) is 6.41. The number of carbonyl (C=O) groups excluding carboxylic acids is 2. The van der Waals surface area contributed by atoms with Gasteiger partial charge >= 0.3 is 0 Å². The zero-order valence-electron chi connectivity index (χ0n) is 12.7. The lowest BCUT2D eigenvalue weighted by atomic mass is 10.0. The van der Waals surface area contributed by atoms with E-state index in [9.17, 15) is 9.59 Å². The van der Waals surface area contributed by atoms with Gasteiger partial charge in [0.1, 0.15) is 0 Å². The number of carbonyl (C=O) groups is 2. The molecule has 0 aromatic heterocycles. The summed E-state index contributed by atoms with van der Waals surface area (Å²) in [5.41, 5.74) is 1.45.